The third kappa shape index (κ3) is 6.13. The van der Waals surface area contributed by atoms with E-state index in [-0.39, 0.29) is 18.0 Å². The van der Waals surface area contributed by atoms with Gasteiger partial charge in [-0.2, -0.15) is 0 Å². The zero-order valence-electron chi connectivity index (χ0n) is 16.3. The van der Waals surface area contributed by atoms with Gasteiger partial charge in [-0.05, 0) is 37.6 Å². The van der Waals surface area contributed by atoms with E-state index in [1.165, 1.54) is 0 Å². The van der Waals surface area contributed by atoms with Crippen LogP contribution in [0.1, 0.15) is 19.1 Å². The highest BCUT2D eigenvalue weighted by Gasteiger charge is 2.23. The summed E-state index contributed by atoms with van der Waals surface area (Å²) in [7, 11) is 0. The molecular formula is C21H28N4O3. The highest BCUT2D eigenvalue weighted by molar-refractivity contribution is 5.92. The fraction of sp³-hybridized carbons (Fsp3) is 0.429. The van der Waals surface area contributed by atoms with E-state index in [0.717, 1.165) is 24.3 Å². The lowest BCUT2D eigenvalue weighted by Crippen LogP contribution is -2.54. The molecule has 0 saturated carbocycles. The van der Waals surface area contributed by atoms with Crippen LogP contribution in [0.3, 0.4) is 0 Å². The largest absolute Gasteiger partial charge is 0.469 e. The minimum Gasteiger partial charge on any atom is -0.469 e. The van der Waals surface area contributed by atoms with E-state index in [1.54, 1.807) is 6.26 Å². The number of piperazine rings is 1. The summed E-state index contributed by atoms with van der Waals surface area (Å²) < 4.78 is 5.32. The van der Waals surface area contributed by atoms with E-state index in [1.807, 2.05) is 54.3 Å². The average molecular weight is 384 g/mol. The molecule has 1 fully saturated rings. The maximum absolute atomic E-state index is 12.4. The Bertz CT molecular complexity index is 740. The zero-order chi connectivity index (χ0) is 19.8. The topological polar surface area (TPSA) is 77.8 Å². The molecule has 7 heteroatoms. The first kappa shape index (κ1) is 19.9. The summed E-state index contributed by atoms with van der Waals surface area (Å²) in [5.74, 6) is 0.902. The van der Waals surface area contributed by atoms with E-state index < -0.39 is 0 Å². The van der Waals surface area contributed by atoms with Gasteiger partial charge in [0.2, 0.25) is 5.91 Å². The number of rotatable bonds is 7. The standard InChI is InChI=1S/C21H28N4O3/c1-17(9-10-19-8-5-15-28-19)22-21(27)25-13-11-24(12-14-25)16-20(26)23-18-6-3-2-4-7-18/h2-8,15,17H,9-14,16H2,1H3,(H,22,27)(H,23,26). The fourth-order valence-corrected chi connectivity index (χ4v) is 3.22. The quantitative estimate of drug-likeness (QED) is 0.769. The van der Waals surface area contributed by atoms with Gasteiger partial charge in [-0.15, -0.1) is 0 Å². The van der Waals surface area contributed by atoms with Crippen molar-refractivity contribution >= 4 is 17.6 Å². The van der Waals surface area contributed by atoms with E-state index in [2.05, 4.69) is 15.5 Å². The minimum atomic E-state index is -0.0414. The number of carbonyl (C=O) groups excluding carboxylic acids is 2. The van der Waals surface area contributed by atoms with Crippen LogP contribution in [0.2, 0.25) is 0 Å². The van der Waals surface area contributed by atoms with Crippen molar-refractivity contribution in [2.24, 2.45) is 0 Å². The second-order valence-corrected chi connectivity index (χ2v) is 7.15. The first-order chi connectivity index (χ1) is 13.6. The van der Waals surface area contributed by atoms with Crippen molar-refractivity contribution in [3.8, 4) is 0 Å². The molecule has 1 unspecified atom stereocenters. The third-order valence-electron chi connectivity index (χ3n) is 4.86. The molecule has 2 N–H and O–H groups in total. The van der Waals surface area contributed by atoms with Gasteiger partial charge >= 0.3 is 6.03 Å². The molecule has 2 heterocycles. The summed E-state index contributed by atoms with van der Waals surface area (Å²) in [6.45, 7) is 4.96. The number of urea groups is 1. The lowest BCUT2D eigenvalue weighted by atomic mass is 10.1. The smallest absolute Gasteiger partial charge is 0.317 e. The number of hydrogen-bond acceptors (Lipinski definition) is 4. The molecule has 28 heavy (non-hydrogen) atoms. The lowest BCUT2D eigenvalue weighted by molar-refractivity contribution is -0.117. The number of nitrogens with zero attached hydrogens (tertiary/aromatic N) is 2. The highest BCUT2D eigenvalue weighted by atomic mass is 16.3. The Morgan fingerprint density at radius 2 is 1.82 bits per heavy atom. The van der Waals surface area contributed by atoms with Crippen molar-refractivity contribution in [1.29, 1.82) is 0 Å². The van der Waals surface area contributed by atoms with Gasteiger partial charge in [0, 0.05) is 44.3 Å². The fourth-order valence-electron chi connectivity index (χ4n) is 3.22. The molecule has 1 aliphatic rings. The van der Waals surface area contributed by atoms with Crippen molar-refractivity contribution in [2.45, 2.75) is 25.8 Å². The molecule has 7 nitrogen and oxygen atoms in total. The van der Waals surface area contributed by atoms with Gasteiger partial charge in [-0.3, -0.25) is 9.69 Å². The van der Waals surface area contributed by atoms with Gasteiger partial charge < -0.3 is 20.0 Å². The third-order valence-corrected chi connectivity index (χ3v) is 4.86. The van der Waals surface area contributed by atoms with Gasteiger partial charge in [0.05, 0.1) is 12.8 Å². The summed E-state index contributed by atoms with van der Waals surface area (Å²) >= 11 is 0. The second kappa shape index (κ2) is 9.94. The molecule has 1 aromatic carbocycles. The summed E-state index contributed by atoms with van der Waals surface area (Å²) in [4.78, 5) is 28.5. The Hall–Kier alpha value is -2.80. The van der Waals surface area contributed by atoms with Crippen LogP contribution in [0, 0.1) is 0 Å². The van der Waals surface area contributed by atoms with Crippen LogP contribution in [0.5, 0.6) is 0 Å². The number of aryl methyl sites for hydroxylation is 1. The molecular weight excluding hydrogens is 356 g/mol. The Morgan fingerprint density at radius 3 is 2.50 bits per heavy atom. The maximum atomic E-state index is 12.4. The molecule has 1 atom stereocenters. The molecule has 2 aromatic rings. The maximum Gasteiger partial charge on any atom is 0.317 e. The lowest BCUT2D eigenvalue weighted by Gasteiger charge is -2.34. The molecule has 0 aliphatic carbocycles. The van der Waals surface area contributed by atoms with Gasteiger partial charge in [-0.25, -0.2) is 4.79 Å². The SMILES string of the molecule is CC(CCc1ccco1)NC(=O)N1CCN(CC(=O)Nc2ccccc2)CC1. The Balaban J connectivity index is 1.34. The molecule has 3 amide bonds. The molecule has 1 aliphatic heterocycles. The summed E-state index contributed by atoms with van der Waals surface area (Å²) in [5, 5.41) is 5.94. The van der Waals surface area contributed by atoms with Crippen LogP contribution >= 0.6 is 0 Å². The van der Waals surface area contributed by atoms with Crippen LogP contribution in [0.4, 0.5) is 10.5 Å². The van der Waals surface area contributed by atoms with Crippen molar-refractivity contribution in [1.82, 2.24) is 15.1 Å². The van der Waals surface area contributed by atoms with Crippen molar-refractivity contribution < 1.29 is 14.0 Å². The number of carbonyl (C=O) groups is 2. The zero-order valence-corrected chi connectivity index (χ0v) is 16.3. The average Bonchev–Trinajstić information content (AvgIpc) is 3.21. The van der Waals surface area contributed by atoms with E-state index in [9.17, 15) is 9.59 Å². The van der Waals surface area contributed by atoms with Gasteiger partial charge in [0.25, 0.3) is 0 Å². The first-order valence-corrected chi connectivity index (χ1v) is 9.75. The Morgan fingerprint density at radius 1 is 1.07 bits per heavy atom. The normalized spacial score (nSPS) is 15.8. The number of furan rings is 1. The van der Waals surface area contributed by atoms with Crippen LogP contribution < -0.4 is 10.6 Å². The summed E-state index contributed by atoms with van der Waals surface area (Å²) in [5.41, 5.74) is 0.800. The molecule has 150 valence electrons. The summed E-state index contributed by atoms with van der Waals surface area (Å²) in [6, 6.07) is 13.3. The van der Waals surface area contributed by atoms with Crippen molar-refractivity contribution in [3.63, 3.8) is 0 Å². The van der Waals surface area contributed by atoms with Gasteiger partial charge in [0.15, 0.2) is 0 Å². The summed E-state index contributed by atoms with van der Waals surface area (Å²) in [6.07, 6.45) is 3.30. The first-order valence-electron chi connectivity index (χ1n) is 9.75. The number of nitrogens with one attached hydrogen (secondary N) is 2. The Labute approximate surface area is 165 Å². The van der Waals surface area contributed by atoms with E-state index >= 15 is 0 Å². The van der Waals surface area contributed by atoms with Gasteiger partial charge in [0.1, 0.15) is 5.76 Å². The number of amides is 3. The van der Waals surface area contributed by atoms with Crippen LogP contribution in [-0.2, 0) is 11.2 Å². The highest BCUT2D eigenvalue weighted by Crippen LogP contribution is 2.08. The van der Waals surface area contributed by atoms with Crippen LogP contribution in [0.15, 0.2) is 53.1 Å². The molecule has 1 saturated heterocycles. The van der Waals surface area contributed by atoms with Gasteiger partial charge in [-0.1, -0.05) is 18.2 Å². The number of hydrogen-bond donors (Lipinski definition) is 2. The van der Waals surface area contributed by atoms with E-state index in [4.69, 9.17) is 4.42 Å². The molecule has 0 spiro atoms. The molecule has 0 bridgehead atoms. The molecule has 0 radical (unpaired) electrons. The molecule has 1 aromatic heterocycles. The number of anilines is 1. The van der Waals surface area contributed by atoms with Crippen LogP contribution in [-0.4, -0.2) is 60.5 Å². The number of benzene rings is 1. The minimum absolute atomic E-state index is 0.0318. The van der Waals surface area contributed by atoms with Crippen LogP contribution in [0.25, 0.3) is 0 Å². The van der Waals surface area contributed by atoms with E-state index in [0.29, 0.717) is 32.7 Å². The Kier molecular flexibility index (Phi) is 7.08. The second-order valence-electron chi connectivity index (χ2n) is 7.15. The number of para-hydroxylation sites is 1. The predicted octanol–water partition coefficient (Wildman–Crippen LogP) is 2.57. The molecule has 3 rings (SSSR count). The van der Waals surface area contributed by atoms with Crippen molar-refractivity contribution in [3.05, 3.63) is 54.5 Å². The predicted molar refractivity (Wildman–Crippen MR) is 108 cm³/mol. The van der Waals surface area contributed by atoms with Crippen molar-refractivity contribution in [2.75, 3.05) is 38.0 Å². The monoisotopic (exact) mass is 384 g/mol.